The molecule has 23 heavy (non-hydrogen) atoms. The van der Waals surface area contributed by atoms with Crippen LogP contribution in [0.4, 0.5) is 0 Å². The van der Waals surface area contributed by atoms with Crippen LogP contribution in [0, 0.1) is 11.3 Å². The van der Waals surface area contributed by atoms with Crippen LogP contribution in [0.2, 0.25) is 5.02 Å². The van der Waals surface area contributed by atoms with E-state index in [9.17, 15) is 10.1 Å². The molecule has 0 saturated heterocycles. The summed E-state index contributed by atoms with van der Waals surface area (Å²) in [6, 6.07) is 9.00. The number of esters is 1. The van der Waals surface area contributed by atoms with Crippen LogP contribution in [0.25, 0.3) is 0 Å². The van der Waals surface area contributed by atoms with E-state index in [1.54, 1.807) is 24.3 Å². The van der Waals surface area contributed by atoms with Crippen LogP contribution in [-0.2, 0) is 4.74 Å². The Morgan fingerprint density at radius 2 is 2.26 bits per heavy atom. The van der Waals surface area contributed by atoms with Crippen LogP contribution in [0.3, 0.4) is 0 Å². The fourth-order valence-corrected chi connectivity index (χ4v) is 2.77. The van der Waals surface area contributed by atoms with E-state index in [1.165, 1.54) is 7.11 Å². The summed E-state index contributed by atoms with van der Waals surface area (Å²) in [5.74, 6) is -1.26. The summed E-state index contributed by atoms with van der Waals surface area (Å²) in [7, 11) is 1.25. The van der Waals surface area contributed by atoms with Crippen molar-refractivity contribution in [1.29, 1.82) is 5.26 Å². The fraction of sp³-hybridized carbons (Fsp3) is 0.133. The first-order chi connectivity index (χ1) is 11.1. The van der Waals surface area contributed by atoms with Gasteiger partial charge in [-0.2, -0.15) is 5.26 Å². The van der Waals surface area contributed by atoms with Gasteiger partial charge >= 0.3 is 5.97 Å². The average Bonchev–Trinajstić information content (AvgIpc) is 2.97. The molecule has 1 unspecified atom stereocenters. The molecule has 1 aliphatic rings. The van der Waals surface area contributed by atoms with Crippen molar-refractivity contribution >= 4 is 17.6 Å². The molecule has 116 valence electrons. The van der Waals surface area contributed by atoms with Gasteiger partial charge in [0.1, 0.15) is 11.6 Å². The monoisotopic (exact) mass is 330 g/mol. The first kappa shape index (κ1) is 14.9. The highest BCUT2D eigenvalue weighted by atomic mass is 35.5. The maximum absolute atomic E-state index is 12.0. The number of aromatic nitrogens is 2. The van der Waals surface area contributed by atoms with Gasteiger partial charge in [-0.15, -0.1) is 5.10 Å². The number of fused-ring (bicyclic) bond motifs is 1. The van der Waals surface area contributed by atoms with Gasteiger partial charge in [0, 0.05) is 5.02 Å². The molecule has 0 bridgehead atoms. The number of hydrogen-bond donors (Lipinski definition) is 2. The number of allylic oxidation sites excluding steroid dienone is 1. The lowest BCUT2D eigenvalue weighted by Crippen LogP contribution is -2.22. The molecule has 1 aromatic heterocycles. The van der Waals surface area contributed by atoms with Gasteiger partial charge in [0.15, 0.2) is 5.69 Å². The third-order valence-electron chi connectivity index (χ3n) is 3.54. The summed E-state index contributed by atoms with van der Waals surface area (Å²) in [5.41, 5.74) is 7.05. The summed E-state index contributed by atoms with van der Waals surface area (Å²) in [6.45, 7) is 0. The SMILES string of the molecule is COC(=O)c1[nH]nc2c1C(c1ccccc1Cl)C(C#N)=C(N)O2. The molecule has 3 rings (SSSR count). The Morgan fingerprint density at radius 1 is 1.52 bits per heavy atom. The van der Waals surface area contributed by atoms with Crippen LogP contribution in [0.5, 0.6) is 5.88 Å². The van der Waals surface area contributed by atoms with Crippen molar-refractivity contribution in [2.45, 2.75) is 5.92 Å². The second-order valence-electron chi connectivity index (χ2n) is 4.76. The van der Waals surface area contributed by atoms with E-state index >= 15 is 0 Å². The zero-order valence-electron chi connectivity index (χ0n) is 12.0. The van der Waals surface area contributed by atoms with Crippen molar-refractivity contribution in [1.82, 2.24) is 10.2 Å². The van der Waals surface area contributed by atoms with E-state index in [2.05, 4.69) is 10.2 Å². The van der Waals surface area contributed by atoms with E-state index in [0.717, 1.165) is 0 Å². The largest absolute Gasteiger partial charge is 0.464 e. The van der Waals surface area contributed by atoms with Crippen molar-refractivity contribution in [3.8, 4) is 11.9 Å². The Kier molecular flexibility index (Phi) is 3.68. The number of benzene rings is 1. The normalized spacial score (nSPS) is 16.3. The second-order valence-corrected chi connectivity index (χ2v) is 5.16. The summed E-state index contributed by atoms with van der Waals surface area (Å²) in [5, 5.41) is 16.4. The van der Waals surface area contributed by atoms with E-state index < -0.39 is 11.9 Å². The Balaban J connectivity index is 2.29. The van der Waals surface area contributed by atoms with Gasteiger partial charge in [-0.1, -0.05) is 29.8 Å². The Morgan fingerprint density at radius 3 is 2.91 bits per heavy atom. The van der Waals surface area contributed by atoms with Gasteiger partial charge in [-0.05, 0) is 11.6 Å². The van der Waals surface area contributed by atoms with E-state index in [4.69, 9.17) is 26.8 Å². The number of carbonyl (C=O) groups excluding carboxylic acids is 1. The molecular weight excluding hydrogens is 320 g/mol. The first-order valence-electron chi connectivity index (χ1n) is 6.57. The van der Waals surface area contributed by atoms with Crippen LogP contribution < -0.4 is 10.5 Å². The van der Waals surface area contributed by atoms with Crippen LogP contribution in [0.1, 0.15) is 27.5 Å². The molecule has 1 atom stereocenters. The van der Waals surface area contributed by atoms with E-state index in [-0.39, 0.29) is 23.0 Å². The number of halogens is 1. The summed E-state index contributed by atoms with van der Waals surface area (Å²) < 4.78 is 10.1. The van der Waals surface area contributed by atoms with Gasteiger partial charge in [-0.3, -0.25) is 5.10 Å². The Bertz CT molecular complexity index is 866. The van der Waals surface area contributed by atoms with E-state index in [0.29, 0.717) is 16.1 Å². The van der Waals surface area contributed by atoms with Crippen molar-refractivity contribution < 1.29 is 14.3 Å². The van der Waals surface area contributed by atoms with Crippen molar-refractivity contribution in [3.63, 3.8) is 0 Å². The number of nitriles is 1. The predicted octanol–water partition coefficient (Wildman–Crippen LogP) is 2.07. The molecule has 1 aromatic carbocycles. The third kappa shape index (κ3) is 2.29. The lowest BCUT2D eigenvalue weighted by Gasteiger charge is -2.24. The number of H-pyrrole nitrogens is 1. The lowest BCUT2D eigenvalue weighted by atomic mass is 9.84. The number of rotatable bonds is 2. The third-order valence-corrected chi connectivity index (χ3v) is 3.89. The number of hydrogen-bond acceptors (Lipinski definition) is 6. The number of aromatic amines is 1. The second kappa shape index (κ2) is 5.66. The molecule has 7 nitrogen and oxygen atoms in total. The van der Waals surface area contributed by atoms with Gasteiger partial charge in [0.2, 0.25) is 11.8 Å². The average molecular weight is 331 g/mol. The lowest BCUT2D eigenvalue weighted by molar-refractivity contribution is 0.0592. The number of nitrogens with one attached hydrogen (secondary N) is 1. The minimum absolute atomic E-state index is 0.0761. The topological polar surface area (TPSA) is 114 Å². The summed E-state index contributed by atoms with van der Waals surface area (Å²) >= 11 is 6.27. The minimum Gasteiger partial charge on any atom is -0.464 e. The standard InChI is InChI=1S/C15H11ClN4O3/c1-22-15(21)12-11-10(7-4-2-3-5-9(7)16)8(6-17)13(18)23-14(11)20-19-12/h2-5,10H,18H2,1H3,(H,19,20). The number of nitrogens with two attached hydrogens (primary N) is 1. The number of nitrogens with zero attached hydrogens (tertiary/aromatic N) is 2. The molecule has 2 aromatic rings. The number of methoxy groups -OCH3 is 1. The molecule has 8 heteroatoms. The van der Waals surface area contributed by atoms with Crippen molar-refractivity contribution in [2.24, 2.45) is 5.73 Å². The highest BCUT2D eigenvalue weighted by Crippen LogP contribution is 2.44. The predicted molar refractivity (Wildman–Crippen MR) is 80.7 cm³/mol. The molecule has 0 radical (unpaired) electrons. The molecule has 1 aliphatic heterocycles. The fourth-order valence-electron chi connectivity index (χ4n) is 2.52. The van der Waals surface area contributed by atoms with E-state index in [1.807, 2.05) is 6.07 Å². The molecule has 2 heterocycles. The van der Waals surface area contributed by atoms with Gasteiger partial charge in [-0.25, -0.2) is 4.79 Å². The zero-order chi connectivity index (χ0) is 16.6. The number of carbonyl (C=O) groups is 1. The van der Waals surface area contributed by atoms with Gasteiger partial charge in [0.05, 0.1) is 18.6 Å². The smallest absolute Gasteiger partial charge is 0.356 e. The molecule has 0 spiro atoms. The Hall–Kier alpha value is -2.98. The molecule has 0 saturated carbocycles. The quantitative estimate of drug-likeness (QED) is 0.815. The van der Waals surface area contributed by atoms with Crippen molar-refractivity contribution in [3.05, 3.63) is 57.6 Å². The van der Waals surface area contributed by atoms with Gasteiger partial charge in [0.25, 0.3) is 0 Å². The van der Waals surface area contributed by atoms with Gasteiger partial charge < -0.3 is 15.2 Å². The molecule has 0 fully saturated rings. The zero-order valence-corrected chi connectivity index (χ0v) is 12.7. The summed E-state index contributed by atoms with van der Waals surface area (Å²) in [6.07, 6.45) is 0. The maximum atomic E-state index is 12.0. The highest BCUT2D eigenvalue weighted by Gasteiger charge is 2.38. The van der Waals surface area contributed by atoms with Crippen LogP contribution >= 0.6 is 11.6 Å². The number of ether oxygens (including phenoxy) is 2. The highest BCUT2D eigenvalue weighted by molar-refractivity contribution is 6.31. The minimum atomic E-state index is -0.676. The first-order valence-corrected chi connectivity index (χ1v) is 6.94. The van der Waals surface area contributed by atoms with Crippen molar-refractivity contribution in [2.75, 3.05) is 7.11 Å². The maximum Gasteiger partial charge on any atom is 0.356 e. The summed E-state index contributed by atoms with van der Waals surface area (Å²) in [4.78, 5) is 12.0. The molecule has 0 amide bonds. The van der Waals surface area contributed by atoms with Crippen LogP contribution in [-0.4, -0.2) is 23.3 Å². The molecular formula is C15H11ClN4O3. The molecule has 0 aliphatic carbocycles. The molecule has 3 N–H and O–H groups in total. The Labute approximate surface area is 136 Å². The van der Waals surface area contributed by atoms with Crippen LogP contribution in [0.15, 0.2) is 35.7 Å².